The van der Waals surface area contributed by atoms with Crippen molar-refractivity contribution in [2.24, 2.45) is 11.3 Å². The molecule has 4 rings (SSSR count). The van der Waals surface area contributed by atoms with Crippen LogP contribution in [0, 0.1) is 11.3 Å². The second-order valence-electron chi connectivity index (χ2n) is 9.23. The normalized spacial score (nSPS) is 45.7. The lowest BCUT2D eigenvalue weighted by molar-refractivity contribution is -0.161. The van der Waals surface area contributed by atoms with Crippen LogP contribution in [0.3, 0.4) is 0 Å². The molecule has 0 aromatic carbocycles. The smallest absolute Gasteiger partial charge is 0.334 e. The minimum absolute atomic E-state index is 0.123. The molecule has 0 spiro atoms. The summed E-state index contributed by atoms with van der Waals surface area (Å²) in [5, 5.41) is 0. The SMILES string of the molecule is CC(=O)O[C@@H]1C[C@H]2O[C@@]2(C)[C@H]2CC3=C(C)C(=O)O[C@@H]3/C=C(/C)CCC[C@]12C. The zero-order valence-corrected chi connectivity index (χ0v) is 17.0. The number of ether oxygens (including phenoxy) is 3. The molecular formula is C22H30O5. The van der Waals surface area contributed by atoms with Gasteiger partial charge in [0.15, 0.2) is 0 Å². The molecule has 5 nitrogen and oxygen atoms in total. The fraction of sp³-hybridized carbons (Fsp3) is 0.727. The molecule has 0 aromatic rings. The molecule has 2 heterocycles. The van der Waals surface area contributed by atoms with Gasteiger partial charge in [0.05, 0.1) is 11.7 Å². The van der Waals surface area contributed by atoms with Gasteiger partial charge in [-0.1, -0.05) is 12.5 Å². The highest BCUT2D eigenvalue weighted by molar-refractivity contribution is 5.92. The molecule has 0 amide bonds. The van der Waals surface area contributed by atoms with Crippen molar-refractivity contribution in [2.75, 3.05) is 0 Å². The Morgan fingerprint density at radius 2 is 2.04 bits per heavy atom. The van der Waals surface area contributed by atoms with Crippen LogP contribution in [0.2, 0.25) is 0 Å². The summed E-state index contributed by atoms with van der Waals surface area (Å²) < 4.78 is 17.6. The molecule has 1 saturated heterocycles. The zero-order valence-electron chi connectivity index (χ0n) is 17.0. The summed E-state index contributed by atoms with van der Waals surface area (Å²) in [7, 11) is 0. The van der Waals surface area contributed by atoms with Gasteiger partial charge in [0.25, 0.3) is 0 Å². The van der Waals surface area contributed by atoms with Crippen LogP contribution < -0.4 is 0 Å². The summed E-state index contributed by atoms with van der Waals surface area (Å²) in [5.41, 5.74) is 2.63. The number of carbonyl (C=O) groups excluding carboxylic acids is 2. The highest BCUT2D eigenvalue weighted by Crippen LogP contribution is 2.62. The zero-order chi connectivity index (χ0) is 19.6. The van der Waals surface area contributed by atoms with Crippen molar-refractivity contribution in [3.05, 3.63) is 22.8 Å². The third-order valence-corrected chi connectivity index (χ3v) is 7.45. The Morgan fingerprint density at radius 3 is 2.74 bits per heavy atom. The van der Waals surface area contributed by atoms with Gasteiger partial charge in [-0.2, -0.15) is 0 Å². The quantitative estimate of drug-likeness (QED) is 0.396. The summed E-state index contributed by atoms with van der Waals surface area (Å²) >= 11 is 0. The van der Waals surface area contributed by atoms with E-state index in [4.69, 9.17) is 14.2 Å². The molecule has 2 fully saturated rings. The average molecular weight is 374 g/mol. The molecule has 2 aliphatic heterocycles. The predicted octanol–water partition coefficient (Wildman–Crippen LogP) is 3.86. The standard InChI is InChI=1S/C22H30O5/c1-12-7-6-8-21(4)17(10-15-13(2)20(24)26-16(15)9-12)22(5)19(27-22)11-18(21)25-14(3)23/h9,16-19H,6-8,10-11H2,1-5H3/b12-9-/t16-,17+,18-,19-,21+,22+/m1/s1. The Labute approximate surface area is 161 Å². The van der Waals surface area contributed by atoms with Gasteiger partial charge in [0, 0.05) is 30.3 Å². The molecule has 4 aliphatic rings. The average Bonchev–Trinajstić information content (AvgIpc) is 3.15. The Bertz CT molecular complexity index is 750. The largest absolute Gasteiger partial charge is 0.462 e. The van der Waals surface area contributed by atoms with Gasteiger partial charge in [-0.25, -0.2) is 4.79 Å². The van der Waals surface area contributed by atoms with E-state index in [9.17, 15) is 9.59 Å². The second kappa shape index (κ2) is 6.20. The number of allylic oxidation sites excluding steroid dienone is 1. The molecule has 0 N–H and O–H groups in total. The fourth-order valence-corrected chi connectivity index (χ4v) is 5.69. The van der Waals surface area contributed by atoms with Crippen molar-refractivity contribution < 1.29 is 23.8 Å². The van der Waals surface area contributed by atoms with E-state index in [1.165, 1.54) is 12.5 Å². The first-order valence-electron chi connectivity index (χ1n) is 10.1. The molecule has 0 bridgehead atoms. The second-order valence-corrected chi connectivity index (χ2v) is 9.23. The predicted molar refractivity (Wildman–Crippen MR) is 99.9 cm³/mol. The molecule has 2 aliphatic carbocycles. The van der Waals surface area contributed by atoms with Crippen LogP contribution in [0.5, 0.6) is 0 Å². The van der Waals surface area contributed by atoms with Crippen molar-refractivity contribution in [2.45, 2.75) is 90.6 Å². The van der Waals surface area contributed by atoms with E-state index in [0.29, 0.717) is 0 Å². The van der Waals surface area contributed by atoms with Crippen LogP contribution in [0.4, 0.5) is 0 Å². The van der Waals surface area contributed by atoms with E-state index < -0.39 is 0 Å². The summed E-state index contributed by atoms with van der Waals surface area (Å²) in [4.78, 5) is 24.0. The third kappa shape index (κ3) is 2.95. The van der Waals surface area contributed by atoms with Crippen LogP contribution >= 0.6 is 0 Å². The third-order valence-electron chi connectivity index (χ3n) is 7.45. The van der Waals surface area contributed by atoms with Crippen molar-refractivity contribution in [3.8, 4) is 0 Å². The molecular weight excluding hydrogens is 344 g/mol. The van der Waals surface area contributed by atoms with Gasteiger partial charge in [-0.05, 0) is 58.1 Å². The number of carbonyl (C=O) groups is 2. The number of fused-ring (bicyclic) bond motifs is 4. The van der Waals surface area contributed by atoms with Crippen LogP contribution in [0.15, 0.2) is 22.8 Å². The minimum atomic E-state index is -0.269. The minimum Gasteiger partial charge on any atom is -0.462 e. The highest BCUT2D eigenvalue weighted by Gasteiger charge is 2.69. The van der Waals surface area contributed by atoms with E-state index in [1.807, 2.05) is 6.92 Å². The monoisotopic (exact) mass is 374 g/mol. The van der Waals surface area contributed by atoms with Crippen LogP contribution in [-0.2, 0) is 23.8 Å². The maximum atomic E-state index is 12.3. The summed E-state index contributed by atoms with van der Waals surface area (Å²) in [6, 6.07) is 0. The van der Waals surface area contributed by atoms with Crippen molar-refractivity contribution in [3.63, 3.8) is 0 Å². The molecule has 27 heavy (non-hydrogen) atoms. The number of rotatable bonds is 1. The Balaban J connectivity index is 1.77. The maximum absolute atomic E-state index is 12.3. The number of epoxide rings is 1. The lowest BCUT2D eigenvalue weighted by Crippen LogP contribution is -2.52. The number of hydrogen-bond donors (Lipinski definition) is 0. The van der Waals surface area contributed by atoms with E-state index in [0.717, 1.165) is 43.3 Å². The first-order valence-corrected chi connectivity index (χ1v) is 10.1. The first-order chi connectivity index (χ1) is 12.6. The van der Waals surface area contributed by atoms with Gasteiger partial charge < -0.3 is 14.2 Å². The summed E-state index contributed by atoms with van der Waals surface area (Å²) in [5.74, 6) is -0.266. The van der Waals surface area contributed by atoms with Crippen molar-refractivity contribution in [1.29, 1.82) is 0 Å². The van der Waals surface area contributed by atoms with Crippen molar-refractivity contribution in [1.82, 2.24) is 0 Å². The van der Waals surface area contributed by atoms with Gasteiger partial charge >= 0.3 is 11.9 Å². The van der Waals surface area contributed by atoms with Gasteiger partial charge in [0.1, 0.15) is 12.2 Å². The highest BCUT2D eigenvalue weighted by atomic mass is 16.6. The number of hydrogen-bond acceptors (Lipinski definition) is 5. The molecule has 0 unspecified atom stereocenters. The summed E-state index contributed by atoms with van der Waals surface area (Å²) in [6.45, 7) is 9.88. The van der Waals surface area contributed by atoms with Gasteiger partial charge in [-0.15, -0.1) is 0 Å². The molecule has 148 valence electrons. The number of esters is 2. The Morgan fingerprint density at radius 1 is 1.30 bits per heavy atom. The Kier molecular flexibility index (Phi) is 4.30. The topological polar surface area (TPSA) is 65.1 Å². The summed E-state index contributed by atoms with van der Waals surface area (Å²) in [6.07, 6.45) is 6.25. The van der Waals surface area contributed by atoms with E-state index >= 15 is 0 Å². The first kappa shape index (κ1) is 18.7. The fourth-order valence-electron chi connectivity index (χ4n) is 5.69. The van der Waals surface area contributed by atoms with E-state index in [2.05, 4.69) is 26.8 Å². The molecule has 1 saturated carbocycles. The lowest BCUT2D eigenvalue weighted by atomic mass is 9.57. The molecule has 0 aromatic heterocycles. The van der Waals surface area contributed by atoms with Crippen molar-refractivity contribution >= 4 is 11.9 Å². The molecule has 6 atom stereocenters. The lowest BCUT2D eigenvalue weighted by Gasteiger charge is -2.48. The van der Waals surface area contributed by atoms with E-state index in [1.54, 1.807) is 0 Å². The van der Waals surface area contributed by atoms with E-state index in [-0.39, 0.29) is 47.2 Å². The van der Waals surface area contributed by atoms with Gasteiger partial charge in [-0.3, -0.25) is 4.79 Å². The van der Waals surface area contributed by atoms with Crippen LogP contribution in [0.25, 0.3) is 0 Å². The maximum Gasteiger partial charge on any atom is 0.334 e. The van der Waals surface area contributed by atoms with Gasteiger partial charge in [0.2, 0.25) is 0 Å². The molecule has 0 radical (unpaired) electrons. The molecule has 5 heteroatoms. The van der Waals surface area contributed by atoms with Crippen LogP contribution in [0.1, 0.15) is 66.7 Å². The van der Waals surface area contributed by atoms with Crippen LogP contribution in [-0.4, -0.2) is 35.9 Å². The Hall–Kier alpha value is -1.62.